The van der Waals surface area contributed by atoms with Crippen molar-refractivity contribution in [2.24, 2.45) is 0 Å². The van der Waals surface area contributed by atoms with Gasteiger partial charge in [0.2, 0.25) is 5.76 Å². The van der Waals surface area contributed by atoms with Crippen LogP contribution in [-0.4, -0.2) is 27.4 Å². The predicted octanol–water partition coefficient (Wildman–Crippen LogP) is 3.83. The number of rotatable bonds is 6. The molecule has 0 aliphatic carbocycles. The van der Waals surface area contributed by atoms with Crippen LogP contribution >= 0.6 is 11.3 Å². The number of nitrogens with zero attached hydrogens (tertiary/aromatic N) is 3. The number of carbonyl (C=O) groups is 1. The summed E-state index contributed by atoms with van der Waals surface area (Å²) in [4.78, 5) is 12.5. The zero-order chi connectivity index (χ0) is 18.8. The van der Waals surface area contributed by atoms with Gasteiger partial charge >= 0.3 is 0 Å². The fourth-order valence-electron chi connectivity index (χ4n) is 2.97. The summed E-state index contributed by atoms with van der Waals surface area (Å²) >= 11 is 1.62. The van der Waals surface area contributed by atoms with Gasteiger partial charge in [-0.1, -0.05) is 5.16 Å². The van der Waals surface area contributed by atoms with Crippen molar-refractivity contribution in [3.8, 4) is 11.5 Å². The topological polar surface area (TPSA) is 86.1 Å². The van der Waals surface area contributed by atoms with Gasteiger partial charge in [-0.15, -0.1) is 0 Å². The van der Waals surface area contributed by atoms with E-state index in [4.69, 9.17) is 8.94 Å². The summed E-state index contributed by atoms with van der Waals surface area (Å²) < 4.78 is 12.4. The van der Waals surface area contributed by atoms with Crippen LogP contribution in [0.15, 0.2) is 56.3 Å². The molecule has 0 aliphatic heterocycles. The minimum atomic E-state index is -0.307. The van der Waals surface area contributed by atoms with Crippen LogP contribution in [0.1, 0.15) is 33.5 Å². The second-order valence-corrected chi connectivity index (χ2v) is 6.99. The Hall–Kier alpha value is -3.13. The van der Waals surface area contributed by atoms with Gasteiger partial charge in [0, 0.05) is 18.3 Å². The largest absolute Gasteiger partial charge is 0.461 e. The highest BCUT2D eigenvalue weighted by Gasteiger charge is 2.21. The highest BCUT2D eigenvalue weighted by atomic mass is 32.1. The summed E-state index contributed by atoms with van der Waals surface area (Å²) in [6.45, 7) is 4.35. The molecule has 1 atom stereocenters. The number of carbonyl (C=O) groups excluding carboxylic acids is 1. The third-order valence-corrected chi connectivity index (χ3v) is 4.93. The molecule has 0 saturated carbocycles. The summed E-state index contributed by atoms with van der Waals surface area (Å²) in [7, 11) is 0. The van der Waals surface area contributed by atoms with Gasteiger partial charge in [-0.2, -0.15) is 16.4 Å². The van der Waals surface area contributed by atoms with E-state index in [0.717, 1.165) is 17.0 Å². The first-order chi connectivity index (χ1) is 13.1. The van der Waals surface area contributed by atoms with Crippen LogP contribution in [-0.2, 0) is 0 Å². The zero-order valence-electron chi connectivity index (χ0n) is 14.9. The average Bonchev–Trinajstić information content (AvgIpc) is 3.44. The van der Waals surface area contributed by atoms with E-state index in [1.165, 1.54) is 6.26 Å². The molecule has 27 heavy (non-hydrogen) atoms. The molecule has 0 fully saturated rings. The number of hydrogen-bond donors (Lipinski definition) is 1. The lowest BCUT2D eigenvalue weighted by Gasteiger charge is -2.19. The van der Waals surface area contributed by atoms with Gasteiger partial charge in [0.1, 0.15) is 0 Å². The maximum absolute atomic E-state index is 12.5. The van der Waals surface area contributed by atoms with Crippen molar-refractivity contribution in [2.75, 3.05) is 6.54 Å². The molecule has 0 radical (unpaired) electrons. The van der Waals surface area contributed by atoms with Crippen LogP contribution in [0, 0.1) is 13.8 Å². The van der Waals surface area contributed by atoms with Crippen molar-refractivity contribution in [3.63, 3.8) is 0 Å². The minimum absolute atomic E-state index is 0.0923. The van der Waals surface area contributed by atoms with Crippen LogP contribution in [0.2, 0.25) is 0 Å². The fraction of sp³-hybridized carbons (Fsp3) is 0.211. The molecule has 138 valence electrons. The summed E-state index contributed by atoms with van der Waals surface area (Å²) in [5.74, 6) is 0.636. The summed E-state index contributed by atoms with van der Waals surface area (Å²) in [6, 6.07) is 9.04. The lowest BCUT2D eigenvalue weighted by atomic mass is 10.1. The van der Waals surface area contributed by atoms with E-state index >= 15 is 0 Å². The monoisotopic (exact) mass is 382 g/mol. The first kappa shape index (κ1) is 17.3. The van der Waals surface area contributed by atoms with Gasteiger partial charge in [0.25, 0.3) is 5.91 Å². The van der Waals surface area contributed by atoms with E-state index in [1.807, 2.05) is 36.0 Å². The van der Waals surface area contributed by atoms with Crippen LogP contribution in [0.3, 0.4) is 0 Å². The molecule has 4 rings (SSSR count). The molecule has 1 amide bonds. The quantitative estimate of drug-likeness (QED) is 0.548. The van der Waals surface area contributed by atoms with E-state index in [9.17, 15) is 4.79 Å². The maximum Gasteiger partial charge on any atom is 0.273 e. The smallest absolute Gasteiger partial charge is 0.273 e. The van der Waals surface area contributed by atoms with Crippen LogP contribution in [0.5, 0.6) is 0 Å². The number of nitrogens with one attached hydrogen (secondary N) is 1. The van der Waals surface area contributed by atoms with Gasteiger partial charge in [0.15, 0.2) is 11.5 Å². The first-order valence-corrected chi connectivity index (χ1v) is 9.40. The Labute approximate surface area is 159 Å². The van der Waals surface area contributed by atoms with Gasteiger partial charge in [-0.3, -0.25) is 9.48 Å². The standard InChI is InChI=1S/C19H18N4O3S/c1-12-8-13(2)23(21-12)16(14-5-7-27-11-14)10-20-19(24)15-9-18(26-22-15)17-4-3-6-25-17/h3-9,11,16H,10H2,1-2H3,(H,20,24)/t16-/m0/s1. The summed E-state index contributed by atoms with van der Waals surface area (Å²) in [6.07, 6.45) is 1.54. The van der Waals surface area contributed by atoms with Crippen LogP contribution < -0.4 is 5.32 Å². The SMILES string of the molecule is Cc1cc(C)n([C@@H](CNC(=O)c2cc(-c3ccco3)on2)c2ccsc2)n1. The van der Waals surface area contributed by atoms with Crippen molar-refractivity contribution < 1.29 is 13.7 Å². The Morgan fingerprint density at radius 2 is 2.19 bits per heavy atom. The van der Waals surface area contributed by atoms with Gasteiger partial charge in [-0.25, -0.2) is 0 Å². The normalized spacial score (nSPS) is 12.2. The Morgan fingerprint density at radius 1 is 1.30 bits per heavy atom. The zero-order valence-corrected chi connectivity index (χ0v) is 15.7. The Morgan fingerprint density at radius 3 is 2.85 bits per heavy atom. The Bertz CT molecular complexity index is 1030. The molecule has 4 aromatic heterocycles. The summed E-state index contributed by atoms with van der Waals surface area (Å²) in [5.41, 5.74) is 3.29. The molecule has 1 N–H and O–H groups in total. The lowest BCUT2D eigenvalue weighted by Crippen LogP contribution is -2.32. The molecule has 7 nitrogen and oxygen atoms in total. The molecule has 4 heterocycles. The molecule has 0 spiro atoms. The number of amides is 1. The average molecular weight is 382 g/mol. The summed E-state index contributed by atoms with van der Waals surface area (Å²) in [5, 5.41) is 15.4. The molecule has 8 heteroatoms. The number of thiophene rings is 1. The number of aryl methyl sites for hydroxylation is 2. The highest BCUT2D eigenvalue weighted by Crippen LogP contribution is 2.23. The predicted molar refractivity (Wildman–Crippen MR) is 101 cm³/mol. The van der Waals surface area contributed by atoms with Crippen molar-refractivity contribution >= 4 is 17.2 Å². The van der Waals surface area contributed by atoms with E-state index in [1.54, 1.807) is 29.5 Å². The van der Waals surface area contributed by atoms with Gasteiger partial charge in [0.05, 0.1) is 18.0 Å². The molecule has 0 aliphatic rings. The third-order valence-electron chi connectivity index (χ3n) is 4.23. The van der Waals surface area contributed by atoms with Crippen molar-refractivity contribution in [1.82, 2.24) is 20.3 Å². The van der Waals surface area contributed by atoms with Crippen LogP contribution in [0.25, 0.3) is 11.5 Å². The minimum Gasteiger partial charge on any atom is -0.461 e. The lowest BCUT2D eigenvalue weighted by molar-refractivity contribution is 0.0940. The van der Waals surface area contributed by atoms with Gasteiger partial charge < -0.3 is 14.3 Å². The molecule has 0 aromatic carbocycles. The second kappa shape index (κ2) is 7.24. The van der Waals surface area contributed by atoms with E-state index in [-0.39, 0.29) is 17.6 Å². The van der Waals surface area contributed by atoms with Crippen LogP contribution in [0.4, 0.5) is 0 Å². The van der Waals surface area contributed by atoms with Crippen molar-refractivity contribution in [1.29, 1.82) is 0 Å². The second-order valence-electron chi connectivity index (χ2n) is 6.21. The van der Waals surface area contributed by atoms with Crippen molar-refractivity contribution in [2.45, 2.75) is 19.9 Å². The Balaban J connectivity index is 1.51. The number of hydrogen-bond acceptors (Lipinski definition) is 6. The van der Waals surface area contributed by atoms with E-state index in [0.29, 0.717) is 18.1 Å². The first-order valence-electron chi connectivity index (χ1n) is 8.45. The van der Waals surface area contributed by atoms with E-state index < -0.39 is 0 Å². The van der Waals surface area contributed by atoms with Gasteiger partial charge in [-0.05, 0) is 54.4 Å². The third kappa shape index (κ3) is 3.56. The molecular weight excluding hydrogens is 364 g/mol. The Kier molecular flexibility index (Phi) is 4.64. The maximum atomic E-state index is 12.5. The molecule has 0 saturated heterocycles. The van der Waals surface area contributed by atoms with E-state index in [2.05, 4.69) is 21.0 Å². The number of furan rings is 1. The molecule has 4 aromatic rings. The molecular formula is C19H18N4O3S. The fourth-order valence-corrected chi connectivity index (χ4v) is 3.68. The van der Waals surface area contributed by atoms with Crippen molar-refractivity contribution in [3.05, 3.63) is 70.0 Å². The molecule has 0 unspecified atom stereocenters. The molecule has 0 bridgehead atoms. The highest BCUT2D eigenvalue weighted by molar-refractivity contribution is 7.08. The number of aromatic nitrogens is 3.